The van der Waals surface area contributed by atoms with Gasteiger partial charge in [-0.15, -0.1) is 0 Å². The molecule has 1 fully saturated rings. The average Bonchev–Trinajstić information content (AvgIpc) is 3.11. The summed E-state index contributed by atoms with van der Waals surface area (Å²) in [6.45, 7) is 0.204. The van der Waals surface area contributed by atoms with Crippen LogP contribution in [0.1, 0.15) is 18.4 Å². The molecule has 0 spiro atoms. The highest BCUT2D eigenvalue weighted by Gasteiger charge is 2.50. The Morgan fingerprint density at radius 3 is 2.56 bits per heavy atom. The standard InChI is InChI=1S/C12H16N2O2/c13-8-12(11(15)16,10-1-2-10)7-9-3-5-14-6-4-9/h3-6,10H,1-2,7-8,13H2,(H,15,16). The molecule has 3 N–H and O–H groups in total. The van der Waals surface area contributed by atoms with Crippen LogP contribution in [-0.4, -0.2) is 22.6 Å². The van der Waals surface area contributed by atoms with Gasteiger partial charge in [0.2, 0.25) is 0 Å². The summed E-state index contributed by atoms with van der Waals surface area (Å²) in [6, 6.07) is 3.71. The molecule has 1 unspecified atom stereocenters. The smallest absolute Gasteiger partial charge is 0.311 e. The number of rotatable bonds is 5. The molecule has 1 aromatic heterocycles. The summed E-state index contributed by atoms with van der Waals surface area (Å²) >= 11 is 0. The fraction of sp³-hybridized carbons (Fsp3) is 0.500. The predicted molar refractivity (Wildman–Crippen MR) is 59.8 cm³/mol. The van der Waals surface area contributed by atoms with Gasteiger partial charge >= 0.3 is 5.97 Å². The normalized spacial score (nSPS) is 19.1. The lowest BCUT2D eigenvalue weighted by atomic mass is 9.77. The maximum Gasteiger partial charge on any atom is 0.311 e. The summed E-state index contributed by atoms with van der Waals surface area (Å²) in [5.41, 5.74) is 5.92. The second kappa shape index (κ2) is 4.22. The van der Waals surface area contributed by atoms with Crippen LogP contribution in [0.5, 0.6) is 0 Å². The minimum atomic E-state index is -0.776. The Kier molecular flexibility index (Phi) is 2.92. The van der Waals surface area contributed by atoms with E-state index in [0.29, 0.717) is 6.42 Å². The van der Waals surface area contributed by atoms with E-state index in [2.05, 4.69) is 4.98 Å². The molecule has 1 aromatic rings. The highest BCUT2D eigenvalue weighted by molar-refractivity contribution is 5.76. The number of carbonyl (C=O) groups is 1. The molecule has 0 radical (unpaired) electrons. The highest BCUT2D eigenvalue weighted by Crippen LogP contribution is 2.47. The molecule has 86 valence electrons. The molecule has 1 aliphatic carbocycles. The third kappa shape index (κ3) is 1.93. The van der Waals surface area contributed by atoms with Gasteiger partial charge in [0, 0.05) is 18.9 Å². The number of carboxylic acid groups (broad SMARTS) is 1. The first-order valence-electron chi connectivity index (χ1n) is 5.51. The van der Waals surface area contributed by atoms with Gasteiger partial charge in [-0.05, 0) is 42.9 Å². The molecule has 1 saturated carbocycles. The Bertz CT molecular complexity index is 376. The van der Waals surface area contributed by atoms with Crippen molar-refractivity contribution in [3.8, 4) is 0 Å². The molecule has 0 aromatic carbocycles. The van der Waals surface area contributed by atoms with E-state index < -0.39 is 11.4 Å². The monoisotopic (exact) mass is 220 g/mol. The van der Waals surface area contributed by atoms with E-state index in [4.69, 9.17) is 5.73 Å². The number of nitrogens with two attached hydrogens (primary N) is 1. The second-order valence-electron chi connectivity index (χ2n) is 4.47. The number of aliphatic carboxylic acids is 1. The Balaban J connectivity index is 2.23. The van der Waals surface area contributed by atoms with Crippen LogP contribution in [0.2, 0.25) is 0 Å². The number of carboxylic acids is 1. The Morgan fingerprint density at radius 2 is 2.12 bits per heavy atom. The van der Waals surface area contributed by atoms with Crippen molar-refractivity contribution in [2.75, 3.05) is 6.54 Å². The minimum Gasteiger partial charge on any atom is -0.481 e. The molecule has 4 nitrogen and oxygen atoms in total. The predicted octanol–water partition coefficient (Wildman–Crippen LogP) is 1.06. The van der Waals surface area contributed by atoms with Gasteiger partial charge in [0.25, 0.3) is 0 Å². The van der Waals surface area contributed by atoms with Crippen LogP contribution in [0.15, 0.2) is 24.5 Å². The van der Waals surface area contributed by atoms with Crippen molar-refractivity contribution < 1.29 is 9.90 Å². The molecule has 0 aliphatic heterocycles. The number of aromatic nitrogens is 1. The SMILES string of the molecule is NCC(Cc1ccncc1)(C(=O)O)C1CC1. The molecular weight excluding hydrogens is 204 g/mol. The van der Waals surface area contributed by atoms with Gasteiger partial charge in [-0.1, -0.05) is 0 Å². The van der Waals surface area contributed by atoms with Crippen molar-refractivity contribution in [1.82, 2.24) is 4.98 Å². The van der Waals surface area contributed by atoms with Crippen molar-refractivity contribution in [2.45, 2.75) is 19.3 Å². The minimum absolute atomic E-state index is 0.204. The Labute approximate surface area is 94.5 Å². The molecule has 1 aliphatic rings. The van der Waals surface area contributed by atoms with E-state index in [1.54, 1.807) is 12.4 Å². The molecular formula is C12H16N2O2. The van der Waals surface area contributed by atoms with Gasteiger partial charge in [-0.25, -0.2) is 0 Å². The van der Waals surface area contributed by atoms with E-state index in [1.807, 2.05) is 12.1 Å². The van der Waals surface area contributed by atoms with Crippen LogP contribution < -0.4 is 5.73 Å². The zero-order chi connectivity index (χ0) is 11.6. The van der Waals surface area contributed by atoms with E-state index in [9.17, 15) is 9.90 Å². The van der Waals surface area contributed by atoms with Crippen LogP contribution in [0, 0.1) is 11.3 Å². The summed E-state index contributed by atoms with van der Waals surface area (Å²) in [5, 5.41) is 9.40. The first kappa shape index (κ1) is 11.1. The van der Waals surface area contributed by atoms with Gasteiger partial charge in [-0.2, -0.15) is 0 Å². The number of hydrogen-bond donors (Lipinski definition) is 2. The first-order valence-corrected chi connectivity index (χ1v) is 5.51. The summed E-state index contributed by atoms with van der Waals surface area (Å²) < 4.78 is 0. The second-order valence-corrected chi connectivity index (χ2v) is 4.47. The molecule has 16 heavy (non-hydrogen) atoms. The van der Waals surface area contributed by atoms with Crippen LogP contribution in [-0.2, 0) is 11.2 Å². The highest BCUT2D eigenvalue weighted by atomic mass is 16.4. The van der Waals surface area contributed by atoms with Crippen molar-refractivity contribution in [3.05, 3.63) is 30.1 Å². The van der Waals surface area contributed by atoms with Crippen molar-refractivity contribution in [1.29, 1.82) is 0 Å². The zero-order valence-electron chi connectivity index (χ0n) is 9.10. The first-order chi connectivity index (χ1) is 7.69. The number of nitrogens with zero attached hydrogens (tertiary/aromatic N) is 1. The van der Waals surface area contributed by atoms with Gasteiger partial charge in [0.05, 0.1) is 5.41 Å². The third-order valence-electron chi connectivity index (χ3n) is 3.42. The lowest BCUT2D eigenvalue weighted by Gasteiger charge is -2.27. The summed E-state index contributed by atoms with van der Waals surface area (Å²) in [5.74, 6) is -0.530. The number of hydrogen-bond acceptors (Lipinski definition) is 3. The van der Waals surface area contributed by atoms with Gasteiger partial charge in [-0.3, -0.25) is 9.78 Å². The summed E-state index contributed by atoms with van der Waals surface area (Å²) in [4.78, 5) is 15.4. The molecule has 2 rings (SSSR count). The van der Waals surface area contributed by atoms with Gasteiger partial charge in [0.1, 0.15) is 0 Å². The van der Waals surface area contributed by atoms with Gasteiger partial charge in [0.15, 0.2) is 0 Å². The van der Waals surface area contributed by atoms with Crippen LogP contribution in [0.4, 0.5) is 0 Å². The largest absolute Gasteiger partial charge is 0.481 e. The maximum atomic E-state index is 11.4. The molecule has 4 heteroatoms. The van der Waals surface area contributed by atoms with Crippen molar-refractivity contribution in [3.63, 3.8) is 0 Å². The molecule has 1 heterocycles. The van der Waals surface area contributed by atoms with Crippen molar-refractivity contribution >= 4 is 5.97 Å². The van der Waals surface area contributed by atoms with Crippen LogP contribution in [0.3, 0.4) is 0 Å². The fourth-order valence-corrected chi connectivity index (χ4v) is 2.22. The van der Waals surface area contributed by atoms with Gasteiger partial charge < -0.3 is 10.8 Å². The topological polar surface area (TPSA) is 76.2 Å². The zero-order valence-corrected chi connectivity index (χ0v) is 9.10. The van der Waals surface area contributed by atoms with Crippen LogP contribution in [0.25, 0.3) is 0 Å². The average molecular weight is 220 g/mol. The van der Waals surface area contributed by atoms with Crippen LogP contribution >= 0.6 is 0 Å². The fourth-order valence-electron chi connectivity index (χ4n) is 2.22. The van der Waals surface area contributed by atoms with E-state index in [-0.39, 0.29) is 12.5 Å². The quantitative estimate of drug-likeness (QED) is 0.778. The molecule has 1 atom stereocenters. The Hall–Kier alpha value is -1.42. The summed E-state index contributed by atoms with van der Waals surface area (Å²) in [6.07, 6.45) is 5.84. The molecule has 0 saturated heterocycles. The van der Waals surface area contributed by atoms with Crippen molar-refractivity contribution in [2.24, 2.45) is 17.1 Å². The molecule has 0 bridgehead atoms. The van der Waals surface area contributed by atoms with E-state index in [0.717, 1.165) is 18.4 Å². The third-order valence-corrected chi connectivity index (χ3v) is 3.42. The van der Waals surface area contributed by atoms with E-state index >= 15 is 0 Å². The number of pyridine rings is 1. The van der Waals surface area contributed by atoms with E-state index in [1.165, 1.54) is 0 Å². The molecule has 0 amide bonds. The Morgan fingerprint density at radius 1 is 1.50 bits per heavy atom. The summed E-state index contributed by atoms with van der Waals surface area (Å²) in [7, 11) is 0. The lowest BCUT2D eigenvalue weighted by Crippen LogP contribution is -2.42. The lowest BCUT2D eigenvalue weighted by molar-refractivity contribution is -0.149. The maximum absolute atomic E-state index is 11.4.